The maximum atomic E-state index is 5.46. The van der Waals surface area contributed by atoms with Crippen molar-refractivity contribution in [3.8, 4) is 0 Å². The third-order valence-corrected chi connectivity index (χ3v) is 4.34. The fraction of sp³-hybridized carbons (Fsp3) is 0.632. The summed E-state index contributed by atoms with van der Waals surface area (Å²) < 4.78 is 10.4. The molecule has 6 nitrogen and oxygen atoms in total. The van der Waals surface area contributed by atoms with E-state index in [1.165, 1.54) is 11.3 Å². The molecule has 0 saturated carbocycles. The second-order valence-corrected chi connectivity index (χ2v) is 6.37. The Bertz CT molecular complexity index is 525. The number of guanidine groups is 1. The Balaban J connectivity index is 0.00000338. The highest BCUT2D eigenvalue weighted by molar-refractivity contribution is 14.0. The van der Waals surface area contributed by atoms with Gasteiger partial charge in [-0.15, -0.1) is 24.0 Å². The van der Waals surface area contributed by atoms with E-state index in [1.807, 2.05) is 7.05 Å². The van der Waals surface area contributed by atoms with E-state index in [4.69, 9.17) is 9.47 Å². The van der Waals surface area contributed by atoms with Crippen LogP contribution in [-0.4, -0.2) is 65.6 Å². The number of halogens is 1. The van der Waals surface area contributed by atoms with Gasteiger partial charge in [-0.2, -0.15) is 0 Å². The maximum absolute atomic E-state index is 5.46. The SMILES string of the molecule is CN=C(NCCCOCCOC)NC1CCN(c2ccc(C)cc2)C1.I. The zero-order valence-corrected chi connectivity index (χ0v) is 18.5. The molecule has 148 valence electrons. The minimum Gasteiger partial charge on any atom is -0.382 e. The van der Waals surface area contributed by atoms with Gasteiger partial charge in [0.1, 0.15) is 0 Å². The van der Waals surface area contributed by atoms with Gasteiger partial charge in [0.05, 0.1) is 13.2 Å². The van der Waals surface area contributed by atoms with Gasteiger partial charge in [-0.05, 0) is 31.9 Å². The molecule has 0 amide bonds. The van der Waals surface area contributed by atoms with Crippen molar-refractivity contribution in [2.24, 2.45) is 4.99 Å². The Kier molecular flexibility index (Phi) is 11.6. The van der Waals surface area contributed by atoms with Crippen LogP contribution in [-0.2, 0) is 9.47 Å². The number of ether oxygens (including phenoxy) is 2. The first-order valence-corrected chi connectivity index (χ1v) is 9.08. The minimum absolute atomic E-state index is 0. The number of anilines is 1. The van der Waals surface area contributed by atoms with Crippen LogP contribution < -0.4 is 15.5 Å². The number of nitrogens with zero attached hydrogens (tertiary/aromatic N) is 2. The maximum Gasteiger partial charge on any atom is 0.191 e. The molecule has 1 atom stereocenters. The highest BCUT2D eigenvalue weighted by Gasteiger charge is 2.23. The number of methoxy groups -OCH3 is 1. The Labute approximate surface area is 174 Å². The van der Waals surface area contributed by atoms with Crippen molar-refractivity contribution < 1.29 is 9.47 Å². The topological polar surface area (TPSA) is 58.1 Å². The number of aliphatic imine (C=N–C) groups is 1. The van der Waals surface area contributed by atoms with Crippen molar-refractivity contribution in [3.63, 3.8) is 0 Å². The van der Waals surface area contributed by atoms with Gasteiger partial charge in [0.15, 0.2) is 5.96 Å². The molecule has 0 aromatic heterocycles. The second kappa shape index (κ2) is 13.2. The third-order valence-electron chi connectivity index (χ3n) is 4.34. The van der Waals surface area contributed by atoms with Crippen molar-refractivity contribution in [3.05, 3.63) is 29.8 Å². The largest absolute Gasteiger partial charge is 0.382 e. The van der Waals surface area contributed by atoms with Gasteiger partial charge in [0.2, 0.25) is 0 Å². The first-order valence-electron chi connectivity index (χ1n) is 9.08. The van der Waals surface area contributed by atoms with Gasteiger partial charge in [0, 0.05) is 52.1 Å². The molecule has 1 aromatic carbocycles. The van der Waals surface area contributed by atoms with Gasteiger partial charge in [-0.25, -0.2) is 0 Å². The summed E-state index contributed by atoms with van der Waals surface area (Å²) in [6, 6.07) is 9.17. The van der Waals surface area contributed by atoms with Crippen molar-refractivity contribution >= 4 is 35.6 Å². The molecule has 0 spiro atoms. The number of hydrogen-bond donors (Lipinski definition) is 2. The molecule has 1 aliphatic rings. The first-order chi connectivity index (χ1) is 12.2. The summed E-state index contributed by atoms with van der Waals surface area (Å²) in [7, 11) is 3.50. The lowest BCUT2D eigenvalue weighted by Gasteiger charge is -2.20. The van der Waals surface area contributed by atoms with E-state index in [-0.39, 0.29) is 24.0 Å². The van der Waals surface area contributed by atoms with Crippen molar-refractivity contribution in [2.75, 3.05) is 58.5 Å². The number of nitrogens with one attached hydrogen (secondary N) is 2. The smallest absolute Gasteiger partial charge is 0.191 e. The Hall–Kier alpha value is -1.06. The minimum atomic E-state index is 0. The Morgan fingerprint density at radius 2 is 2.00 bits per heavy atom. The predicted octanol–water partition coefficient (Wildman–Crippen LogP) is 2.41. The van der Waals surface area contributed by atoms with E-state index in [0.717, 1.165) is 45.0 Å². The number of benzene rings is 1. The molecular weight excluding hydrogens is 443 g/mol. The molecule has 26 heavy (non-hydrogen) atoms. The van der Waals surface area contributed by atoms with Crippen LogP contribution >= 0.6 is 24.0 Å². The fourth-order valence-corrected chi connectivity index (χ4v) is 2.88. The highest BCUT2D eigenvalue weighted by Crippen LogP contribution is 2.20. The summed E-state index contributed by atoms with van der Waals surface area (Å²) in [5, 5.41) is 6.88. The van der Waals surface area contributed by atoms with Crippen LogP contribution in [0.15, 0.2) is 29.3 Å². The van der Waals surface area contributed by atoms with Gasteiger partial charge in [-0.1, -0.05) is 17.7 Å². The van der Waals surface area contributed by atoms with E-state index in [2.05, 4.69) is 51.7 Å². The van der Waals surface area contributed by atoms with Crippen LogP contribution in [0.5, 0.6) is 0 Å². The summed E-state index contributed by atoms with van der Waals surface area (Å²) in [6.07, 6.45) is 2.07. The standard InChI is InChI=1S/C19H32N4O2.HI/c1-16-5-7-18(8-6-16)23-11-9-17(15-23)22-19(20-2)21-10-4-12-25-14-13-24-3;/h5-8,17H,4,9-15H2,1-3H3,(H2,20,21,22);1H. The van der Waals surface area contributed by atoms with E-state index in [1.54, 1.807) is 7.11 Å². The van der Waals surface area contributed by atoms with Crippen molar-refractivity contribution in [1.82, 2.24) is 10.6 Å². The van der Waals surface area contributed by atoms with Crippen LogP contribution in [0.1, 0.15) is 18.4 Å². The van der Waals surface area contributed by atoms with Gasteiger partial charge in [-0.3, -0.25) is 4.99 Å². The predicted molar refractivity (Wildman–Crippen MR) is 119 cm³/mol. The number of hydrogen-bond acceptors (Lipinski definition) is 4. The molecule has 0 radical (unpaired) electrons. The normalized spacial score (nSPS) is 17.1. The summed E-state index contributed by atoms with van der Waals surface area (Å²) in [6.45, 7) is 7.08. The molecule has 7 heteroatoms. The molecule has 1 fully saturated rings. The molecule has 1 aliphatic heterocycles. The average molecular weight is 476 g/mol. The van der Waals surface area contributed by atoms with Gasteiger partial charge < -0.3 is 25.0 Å². The number of aryl methyl sites for hydroxylation is 1. The summed E-state index contributed by atoms with van der Waals surface area (Å²) in [5.74, 6) is 0.868. The molecular formula is C19H33IN4O2. The van der Waals surface area contributed by atoms with Crippen LogP contribution in [0, 0.1) is 6.92 Å². The highest BCUT2D eigenvalue weighted by atomic mass is 127. The van der Waals surface area contributed by atoms with Crippen LogP contribution in [0.4, 0.5) is 5.69 Å². The summed E-state index contributed by atoms with van der Waals surface area (Å²) in [4.78, 5) is 6.75. The lowest BCUT2D eigenvalue weighted by molar-refractivity contribution is 0.0698. The van der Waals surface area contributed by atoms with E-state index in [0.29, 0.717) is 19.3 Å². The van der Waals surface area contributed by atoms with E-state index in [9.17, 15) is 0 Å². The third kappa shape index (κ3) is 8.09. The van der Waals surface area contributed by atoms with Crippen LogP contribution in [0.3, 0.4) is 0 Å². The van der Waals surface area contributed by atoms with Crippen LogP contribution in [0.2, 0.25) is 0 Å². The Morgan fingerprint density at radius 3 is 2.69 bits per heavy atom. The molecule has 0 bridgehead atoms. The van der Waals surface area contributed by atoms with E-state index < -0.39 is 0 Å². The molecule has 1 unspecified atom stereocenters. The lowest BCUT2D eigenvalue weighted by Crippen LogP contribution is -2.45. The molecule has 2 rings (SSSR count). The summed E-state index contributed by atoms with van der Waals surface area (Å²) >= 11 is 0. The zero-order valence-electron chi connectivity index (χ0n) is 16.2. The number of rotatable bonds is 9. The quantitative estimate of drug-likeness (QED) is 0.248. The monoisotopic (exact) mass is 476 g/mol. The average Bonchev–Trinajstić information content (AvgIpc) is 3.09. The van der Waals surface area contributed by atoms with Crippen molar-refractivity contribution in [2.45, 2.75) is 25.8 Å². The Morgan fingerprint density at radius 1 is 1.23 bits per heavy atom. The molecule has 2 N–H and O–H groups in total. The zero-order chi connectivity index (χ0) is 17.9. The first kappa shape index (κ1) is 23.0. The molecule has 1 aromatic rings. The van der Waals surface area contributed by atoms with Gasteiger partial charge >= 0.3 is 0 Å². The van der Waals surface area contributed by atoms with E-state index >= 15 is 0 Å². The van der Waals surface area contributed by atoms with Crippen LogP contribution in [0.25, 0.3) is 0 Å². The second-order valence-electron chi connectivity index (χ2n) is 6.37. The van der Waals surface area contributed by atoms with Crippen molar-refractivity contribution in [1.29, 1.82) is 0 Å². The summed E-state index contributed by atoms with van der Waals surface area (Å²) in [5.41, 5.74) is 2.60. The van der Waals surface area contributed by atoms with Gasteiger partial charge in [0.25, 0.3) is 0 Å². The molecule has 0 aliphatic carbocycles. The molecule has 1 saturated heterocycles. The fourth-order valence-electron chi connectivity index (χ4n) is 2.88. The molecule has 1 heterocycles. The lowest BCUT2D eigenvalue weighted by atomic mass is 10.2.